The van der Waals surface area contributed by atoms with Crippen molar-refractivity contribution in [2.45, 2.75) is 12.5 Å². The molecule has 19 heavy (non-hydrogen) atoms. The number of rotatable bonds is 4. The fraction of sp³-hybridized carbons (Fsp3) is 0.333. The third-order valence-electron chi connectivity index (χ3n) is 2.74. The van der Waals surface area contributed by atoms with E-state index in [9.17, 15) is 9.59 Å². The zero-order chi connectivity index (χ0) is 14.0. The molecule has 0 bridgehead atoms. The Hall–Kier alpha value is -1.27. The molecule has 0 spiro atoms. The van der Waals surface area contributed by atoms with E-state index in [1.54, 1.807) is 18.2 Å². The summed E-state index contributed by atoms with van der Waals surface area (Å²) < 4.78 is 6.24. The minimum absolute atomic E-state index is 0.289. The molecule has 1 atom stereocenters. The first-order chi connectivity index (χ1) is 8.97. The number of carbonyl (C=O) groups excluding carboxylic acids is 1. The lowest BCUT2D eigenvalue weighted by Crippen LogP contribution is -2.35. The van der Waals surface area contributed by atoms with E-state index in [0.29, 0.717) is 28.2 Å². The van der Waals surface area contributed by atoms with Gasteiger partial charge in [0.1, 0.15) is 12.3 Å². The highest BCUT2D eigenvalue weighted by Gasteiger charge is 2.34. The summed E-state index contributed by atoms with van der Waals surface area (Å²) in [6.07, 6.45) is -0.153. The number of aliphatic carboxylic acids is 1. The van der Waals surface area contributed by atoms with Crippen LogP contribution in [0.15, 0.2) is 22.7 Å². The van der Waals surface area contributed by atoms with Gasteiger partial charge in [-0.05, 0) is 34.1 Å². The Bertz CT molecular complexity index is 522. The summed E-state index contributed by atoms with van der Waals surface area (Å²) in [4.78, 5) is 23.8. The number of carboxylic acid groups (broad SMARTS) is 1. The van der Waals surface area contributed by atoms with Gasteiger partial charge in [-0.2, -0.15) is 0 Å². The molecule has 102 valence electrons. The minimum atomic E-state index is -1.02. The van der Waals surface area contributed by atoms with E-state index in [4.69, 9.17) is 21.4 Å². The largest absolute Gasteiger partial charge is 0.480 e. The summed E-state index contributed by atoms with van der Waals surface area (Å²) in [5, 5.41) is 9.23. The van der Waals surface area contributed by atoms with Crippen LogP contribution in [0.5, 0.6) is 5.75 Å². The fourth-order valence-corrected chi connectivity index (χ4v) is 2.33. The zero-order valence-electron chi connectivity index (χ0n) is 9.81. The number of amides is 1. The Morgan fingerprint density at radius 2 is 2.32 bits per heavy atom. The number of nitrogens with zero attached hydrogens (tertiary/aromatic N) is 1. The molecule has 1 unspecified atom stereocenters. The summed E-state index contributed by atoms with van der Waals surface area (Å²) in [5.74, 6) is -0.802. The smallest absolute Gasteiger partial charge is 0.323 e. The van der Waals surface area contributed by atoms with Crippen molar-refractivity contribution in [2.24, 2.45) is 0 Å². The first kappa shape index (κ1) is 14.1. The maximum atomic E-state index is 11.9. The van der Waals surface area contributed by atoms with Gasteiger partial charge in [0.2, 0.25) is 0 Å². The molecule has 1 saturated heterocycles. The van der Waals surface area contributed by atoms with Crippen LogP contribution in [0.4, 0.5) is 0 Å². The molecule has 5 nitrogen and oxygen atoms in total. The highest BCUT2D eigenvalue weighted by atomic mass is 79.9. The molecular formula is C12H11BrClNO4. The van der Waals surface area contributed by atoms with Crippen molar-refractivity contribution in [3.05, 3.63) is 27.7 Å². The van der Waals surface area contributed by atoms with Crippen LogP contribution in [0.25, 0.3) is 0 Å². The van der Waals surface area contributed by atoms with Gasteiger partial charge in [0.15, 0.2) is 6.10 Å². The molecule has 0 radical (unpaired) electrons. The van der Waals surface area contributed by atoms with Crippen LogP contribution in [-0.2, 0) is 9.59 Å². The number of carbonyl (C=O) groups is 2. The molecule has 2 rings (SSSR count). The van der Waals surface area contributed by atoms with E-state index < -0.39 is 12.1 Å². The second kappa shape index (κ2) is 5.79. The zero-order valence-corrected chi connectivity index (χ0v) is 12.1. The van der Waals surface area contributed by atoms with Gasteiger partial charge in [-0.25, -0.2) is 0 Å². The number of likely N-dealkylation sites (tertiary alicyclic amines) is 1. The van der Waals surface area contributed by atoms with Crippen LogP contribution < -0.4 is 4.74 Å². The maximum absolute atomic E-state index is 11.9. The molecule has 0 saturated carbocycles. The number of halogens is 2. The van der Waals surface area contributed by atoms with Crippen molar-refractivity contribution in [1.29, 1.82) is 0 Å². The second-order valence-corrected chi connectivity index (χ2v) is 5.39. The van der Waals surface area contributed by atoms with E-state index in [-0.39, 0.29) is 12.5 Å². The predicted octanol–water partition coefficient (Wildman–Crippen LogP) is 2.17. The van der Waals surface area contributed by atoms with Crippen LogP contribution in [0.1, 0.15) is 6.42 Å². The number of ether oxygens (including phenoxy) is 1. The average Bonchev–Trinajstić information content (AvgIpc) is 2.66. The molecule has 0 aromatic heterocycles. The van der Waals surface area contributed by atoms with Gasteiger partial charge in [-0.15, -0.1) is 0 Å². The van der Waals surface area contributed by atoms with Crippen molar-refractivity contribution >= 4 is 39.4 Å². The van der Waals surface area contributed by atoms with Crippen molar-refractivity contribution in [3.8, 4) is 5.75 Å². The molecular weight excluding hydrogens is 337 g/mol. The number of carboxylic acids is 1. The topological polar surface area (TPSA) is 66.8 Å². The number of hydrogen-bond acceptors (Lipinski definition) is 3. The van der Waals surface area contributed by atoms with Crippen molar-refractivity contribution in [1.82, 2.24) is 4.90 Å². The SMILES string of the molecule is O=C(O)CN1CCC(Oc2ccc(Cl)c(Br)c2)C1=O. The monoisotopic (exact) mass is 347 g/mol. The highest BCUT2D eigenvalue weighted by Crippen LogP contribution is 2.28. The number of hydrogen-bond donors (Lipinski definition) is 1. The Balaban J connectivity index is 2.02. The van der Waals surface area contributed by atoms with E-state index in [0.717, 1.165) is 0 Å². The van der Waals surface area contributed by atoms with Gasteiger partial charge < -0.3 is 14.7 Å². The van der Waals surface area contributed by atoms with E-state index >= 15 is 0 Å². The van der Waals surface area contributed by atoms with Gasteiger partial charge >= 0.3 is 5.97 Å². The molecule has 1 aliphatic heterocycles. The van der Waals surface area contributed by atoms with Crippen LogP contribution >= 0.6 is 27.5 Å². The predicted molar refractivity (Wildman–Crippen MR) is 72.4 cm³/mol. The molecule has 1 aromatic carbocycles. The Kier molecular flexibility index (Phi) is 4.31. The van der Waals surface area contributed by atoms with Crippen LogP contribution in [0, 0.1) is 0 Å². The lowest BCUT2D eigenvalue weighted by atomic mass is 10.3. The van der Waals surface area contributed by atoms with Gasteiger partial charge in [0.05, 0.1) is 5.02 Å². The Morgan fingerprint density at radius 3 is 2.95 bits per heavy atom. The summed E-state index contributed by atoms with van der Waals surface area (Å²) in [6.45, 7) is 0.105. The molecule has 0 aliphatic carbocycles. The fourth-order valence-electron chi connectivity index (χ4n) is 1.85. The van der Waals surface area contributed by atoms with Gasteiger partial charge in [0, 0.05) is 17.4 Å². The van der Waals surface area contributed by atoms with Crippen LogP contribution in [0.3, 0.4) is 0 Å². The molecule has 7 heteroatoms. The van der Waals surface area contributed by atoms with Crippen LogP contribution in [-0.4, -0.2) is 41.1 Å². The quantitative estimate of drug-likeness (QED) is 0.905. The minimum Gasteiger partial charge on any atom is -0.480 e. The summed E-state index contributed by atoms with van der Waals surface area (Å²) in [5.41, 5.74) is 0. The van der Waals surface area contributed by atoms with Gasteiger partial charge in [-0.1, -0.05) is 11.6 Å². The van der Waals surface area contributed by atoms with Gasteiger partial charge in [0.25, 0.3) is 5.91 Å². The molecule has 1 aromatic rings. The van der Waals surface area contributed by atoms with Gasteiger partial charge in [-0.3, -0.25) is 9.59 Å². The highest BCUT2D eigenvalue weighted by molar-refractivity contribution is 9.10. The first-order valence-electron chi connectivity index (χ1n) is 5.59. The molecule has 1 N–H and O–H groups in total. The second-order valence-electron chi connectivity index (χ2n) is 4.12. The Labute approximate surface area is 123 Å². The van der Waals surface area contributed by atoms with E-state index in [1.807, 2.05) is 0 Å². The van der Waals surface area contributed by atoms with Crippen molar-refractivity contribution in [3.63, 3.8) is 0 Å². The third kappa shape index (κ3) is 3.39. The number of benzene rings is 1. The lowest BCUT2D eigenvalue weighted by molar-refractivity contribution is -0.144. The molecule has 1 heterocycles. The van der Waals surface area contributed by atoms with Crippen molar-refractivity contribution < 1.29 is 19.4 Å². The summed E-state index contributed by atoms with van der Waals surface area (Å²) in [6, 6.07) is 5.01. The normalized spacial score (nSPS) is 18.7. The lowest BCUT2D eigenvalue weighted by Gasteiger charge is -2.15. The Morgan fingerprint density at radius 1 is 1.58 bits per heavy atom. The summed E-state index contributed by atoms with van der Waals surface area (Å²) in [7, 11) is 0. The first-order valence-corrected chi connectivity index (χ1v) is 6.77. The molecule has 1 amide bonds. The maximum Gasteiger partial charge on any atom is 0.323 e. The molecule has 1 fully saturated rings. The average molecular weight is 349 g/mol. The standard InChI is InChI=1S/C12H11BrClNO4/c13-8-5-7(1-2-9(8)14)19-10-3-4-15(12(10)18)6-11(16)17/h1-2,5,10H,3-4,6H2,(H,16,17). The molecule has 1 aliphatic rings. The summed E-state index contributed by atoms with van der Waals surface area (Å²) >= 11 is 9.13. The third-order valence-corrected chi connectivity index (χ3v) is 3.96. The van der Waals surface area contributed by atoms with Crippen molar-refractivity contribution in [2.75, 3.05) is 13.1 Å². The van der Waals surface area contributed by atoms with E-state index in [1.165, 1.54) is 4.90 Å². The van der Waals surface area contributed by atoms with Crippen LogP contribution in [0.2, 0.25) is 5.02 Å². The van der Waals surface area contributed by atoms with E-state index in [2.05, 4.69) is 15.9 Å².